The number of nitro benzene ring substituents is 1. The zero-order valence-corrected chi connectivity index (χ0v) is 11.5. The van der Waals surface area contributed by atoms with Gasteiger partial charge < -0.3 is 15.7 Å². The highest BCUT2D eigenvalue weighted by Crippen LogP contribution is 2.34. The van der Waals surface area contributed by atoms with Crippen molar-refractivity contribution in [2.24, 2.45) is 5.73 Å². The number of carbonyl (C=O) groups is 1. The molecule has 1 aliphatic heterocycles. The summed E-state index contributed by atoms with van der Waals surface area (Å²) < 4.78 is 0.597. The Morgan fingerprint density at radius 2 is 2.26 bits per heavy atom. The summed E-state index contributed by atoms with van der Waals surface area (Å²) >= 11 is 3.18. The van der Waals surface area contributed by atoms with Crippen molar-refractivity contribution in [2.75, 3.05) is 18.0 Å². The second kappa shape index (κ2) is 4.78. The van der Waals surface area contributed by atoms with E-state index in [1.54, 1.807) is 17.0 Å². The fourth-order valence-electron chi connectivity index (χ4n) is 2.12. The van der Waals surface area contributed by atoms with Crippen molar-refractivity contribution in [3.8, 4) is 0 Å². The zero-order valence-electron chi connectivity index (χ0n) is 9.88. The quantitative estimate of drug-likeness (QED) is 0.639. The third-order valence-corrected chi connectivity index (χ3v) is 3.69. The maximum atomic E-state index is 11.1. The number of nitrogens with two attached hydrogens (primary N) is 1. The number of carboxylic acid groups (broad SMARTS) is 1. The Morgan fingerprint density at radius 1 is 1.58 bits per heavy atom. The van der Waals surface area contributed by atoms with Crippen LogP contribution in [-0.4, -0.2) is 34.6 Å². The molecule has 7 nitrogen and oxygen atoms in total. The van der Waals surface area contributed by atoms with Crippen LogP contribution in [0.15, 0.2) is 22.7 Å². The molecule has 2 rings (SSSR count). The molecule has 1 aromatic carbocycles. The molecule has 0 saturated carbocycles. The standard InChI is InChI=1S/C11H12BrN3O4/c12-7-1-2-8(9(5-7)15(18)19)14-4-3-11(13,6-14)10(16)17/h1-2,5H,3-4,6,13H2,(H,16,17). The summed E-state index contributed by atoms with van der Waals surface area (Å²) in [6.07, 6.45) is 0.259. The lowest BCUT2D eigenvalue weighted by atomic mass is 10.0. The lowest BCUT2D eigenvalue weighted by Crippen LogP contribution is -2.50. The molecule has 1 unspecified atom stereocenters. The second-order valence-electron chi connectivity index (χ2n) is 4.52. The van der Waals surface area contributed by atoms with Crippen LogP contribution in [-0.2, 0) is 4.79 Å². The van der Waals surface area contributed by atoms with Crippen molar-refractivity contribution in [3.63, 3.8) is 0 Å². The van der Waals surface area contributed by atoms with Gasteiger partial charge >= 0.3 is 5.97 Å². The number of rotatable bonds is 3. The first-order chi connectivity index (χ1) is 8.83. The summed E-state index contributed by atoms with van der Waals surface area (Å²) in [4.78, 5) is 23.3. The van der Waals surface area contributed by atoms with E-state index in [1.165, 1.54) is 6.07 Å². The Hall–Kier alpha value is -1.67. The molecule has 0 radical (unpaired) electrons. The van der Waals surface area contributed by atoms with Crippen LogP contribution in [0.25, 0.3) is 0 Å². The lowest BCUT2D eigenvalue weighted by Gasteiger charge is -2.21. The number of hydrogen-bond acceptors (Lipinski definition) is 5. The molecule has 1 aromatic rings. The van der Waals surface area contributed by atoms with Crippen molar-refractivity contribution >= 4 is 33.3 Å². The van der Waals surface area contributed by atoms with Gasteiger partial charge in [-0.2, -0.15) is 0 Å². The van der Waals surface area contributed by atoms with Gasteiger partial charge in [0.15, 0.2) is 0 Å². The summed E-state index contributed by atoms with van der Waals surface area (Å²) in [6.45, 7) is 0.441. The number of halogens is 1. The Bertz CT molecular complexity index is 551. The van der Waals surface area contributed by atoms with Crippen LogP contribution in [0.5, 0.6) is 0 Å². The van der Waals surface area contributed by atoms with Crippen LogP contribution in [0, 0.1) is 10.1 Å². The van der Waals surface area contributed by atoms with Crippen LogP contribution < -0.4 is 10.6 Å². The van der Waals surface area contributed by atoms with Gasteiger partial charge in [0.2, 0.25) is 0 Å². The molecule has 19 heavy (non-hydrogen) atoms. The molecule has 0 aromatic heterocycles. The summed E-state index contributed by atoms with van der Waals surface area (Å²) in [5.41, 5.74) is 4.74. The monoisotopic (exact) mass is 329 g/mol. The average molecular weight is 330 g/mol. The first-order valence-corrected chi connectivity index (χ1v) is 6.34. The van der Waals surface area contributed by atoms with E-state index < -0.39 is 16.4 Å². The number of anilines is 1. The van der Waals surface area contributed by atoms with Crippen LogP contribution in [0.3, 0.4) is 0 Å². The lowest BCUT2D eigenvalue weighted by molar-refractivity contribution is -0.384. The van der Waals surface area contributed by atoms with E-state index in [4.69, 9.17) is 10.8 Å². The van der Waals surface area contributed by atoms with Crippen LogP contribution >= 0.6 is 15.9 Å². The molecule has 1 fully saturated rings. The Balaban J connectivity index is 2.34. The maximum absolute atomic E-state index is 11.1. The van der Waals surface area contributed by atoms with Gasteiger partial charge in [-0.3, -0.25) is 14.9 Å². The molecule has 0 amide bonds. The van der Waals surface area contributed by atoms with E-state index in [0.29, 0.717) is 16.7 Å². The van der Waals surface area contributed by atoms with Gasteiger partial charge in [0.1, 0.15) is 11.2 Å². The van der Waals surface area contributed by atoms with E-state index in [2.05, 4.69) is 15.9 Å². The van der Waals surface area contributed by atoms with Crippen LogP contribution in [0.4, 0.5) is 11.4 Å². The van der Waals surface area contributed by atoms with E-state index >= 15 is 0 Å². The third-order valence-electron chi connectivity index (χ3n) is 3.20. The van der Waals surface area contributed by atoms with Gasteiger partial charge in [0.25, 0.3) is 5.69 Å². The molecule has 1 atom stereocenters. The first kappa shape index (κ1) is 13.8. The molecule has 0 spiro atoms. The second-order valence-corrected chi connectivity index (χ2v) is 5.44. The number of hydrogen-bond donors (Lipinski definition) is 2. The fourth-order valence-corrected chi connectivity index (χ4v) is 2.47. The smallest absolute Gasteiger partial charge is 0.325 e. The van der Waals surface area contributed by atoms with Crippen molar-refractivity contribution in [1.29, 1.82) is 0 Å². The van der Waals surface area contributed by atoms with Gasteiger partial charge in [0, 0.05) is 23.6 Å². The minimum Gasteiger partial charge on any atom is -0.480 e. The zero-order chi connectivity index (χ0) is 14.2. The highest BCUT2D eigenvalue weighted by molar-refractivity contribution is 9.10. The Morgan fingerprint density at radius 3 is 2.79 bits per heavy atom. The SMILES string of the molecule is NC1(C(=O)O)CCN(c2ccc(Br)cc2[N+](=O)[O-])C1. The predicted molar refractivity (Wildman–Crippen MR) is 72.2 cm³/mol. The highest BCUT2D eigenvalue weighted by Gasteiger charge is 2.42. The van der Waals surface area contributed by atoms with Crippen LogP contribution in [0.2, 0.25) is 0 Å². The van der Waals surface area contributed by atoms with E-state index in [1.807, 2.05) is 0 Å². The molecule has 0 aliphatic carbocycles. The van der Waals surface area contributed by atoms with Gasteiger partial charge in [0.05, 0.1) is 4.92 Å². The number of aliphatic carboxylic acids is 1. The van der Waals surface area contributed by atoms with Gasteiger partial charge in [-0.1, -0.05) is 15.9 Å². The molecule has 102 valence electrons. The largest absolute Gasteiger partial charge is 0.480 e. The van der Waals surface area contributed by atoms with Crippen LogP contribution in [0.1, 0.15) is 6.42 Å². The minimum absolute atomic E-state index is 0.0603. The van der Waals surface area contributed by atoms with E-state index in [0.717, 1.165) is 0 Å². The Kier molecular flexibility index (Phi) is 3.46. The number of carboxylic acids is 1. The van der Waals surface area contributed by atoms with Crippen molar-refractivity contribution in [2.45, 2.75) is 12.0 Å². The van der Waals surface area contributed by atoms with Crippen molar-refractivity contribution in [3.05, 3.63) is 32.8 Å². The van der Waals surface area contributed by atoms with Crippen molar-refractivity contribution < 1.29 is 14.8 Å². The summed E-state index contributed by atoms with van der Waals surface area (Å²) in [5, 5.41) is 20.1. The van der Waals surface area contributed by atoms with Gasteiger partial charge in [-0.15, -0.1) is 0 Å². The molecular formula is C11H12BrN3O4. The topological polar surface area (TPSA) is 110 Å². The molecule has 1 saturated heterocycles. The first-order valence-electron chi connectivity index (χ1n) is 5.55. The molecular weight excluding hydrogens is 318 g/mol. The molecule has 3 N–H and O–H groups in total. The predicted octanol–water partition coefficient (Wildman–Crippen LogP) is 1.35. The number of benzene rings is 1. The molecule has 1 aliphatic rings. The van der Waals surface area contributed by atoms with Gasteiger partial charge in [-0.25, -0.2) is 0 Å². The average Bonchev–Trinajstić information content (AvgIpc) is 2.73. The summed E-state index contributed by atoms with van der Waals surface area (Å²) in [6, 6.07) is 4.67. The molecule has 1 heterocycles. The summed E-state index contributed by atoms with van der Waals surface area (Å²) in [7, 11) is 0. The normalized spacial score (nSPS) is 22.5. The van der Waals surface area contributed by atoms with E-state index in [-0.39, 0.29) is 18.7 Å². The molecule has 0 bridgehead atoms. The van der Waals surface area contributed by atoms with Gasteiger partial charge in [-0.05, 0) is 18.6 Å². The minimum atomic E-state index is -1.35. The number of nitro groups is 1. The summed E-state index contributed by atoms with van der Waals surface area (Å²) in [5.74, 6) is -1.09. The number of nitrogens with zero attached hydrogens (tertiary/aromatic N) is 2. The fraction of sp³-hybridized carbons (Fsp3) is 0.364. The Labute approximate surface area is 117 Å². The highest BCUT2D eigenvalue weighted by atomic mass is 79.9. The maximum Gasteiger partial charge on any atom is 0.325 e. The third kappa shape index (κ3) is 2.54. The van der Waals surface area contributed by atoms with Crippen molar-refractivity contribution in [1.82, 2.24) is 0 Å². The van der Waals surface area contributed by atoms with E-state index in [9.17, 15) is 14.9 Å². The molecule has 8 heteroatoms.